The van der Waals surface area contributed by atoms with E-state index in [9.17, 15) is 9.59 Å². The van der Waals surface area contributed by atoms with Crippen LogP contribution in [-0.4, -0.2) is 29.9 Å². The highest BCUT2D eigenvalue weighted by molar-refractivity contribution is 9.10. The number of benzene rings is 1. The predicted molar refractivity (Wildman–Crippen MR) is 78.8 cm³/mol. The Morgan fingerprint density at radius 1 is 1.39 bits per heavy atom. The van der Waals surface area contributed by atoms with Crippen LogP contribution in [0.1, 0.15) is 6.92 Å². The number of nitrogens with one attached hydrogen (secondary N) is 2. The standard InChI is InChI=1S/C12H15BrN2O2S/c1-8(7-18-2)14-11(16)12(17)15-10-5-3-4-9(13)6-10/h3-6,8H,7H2,1-2H3,(H,14,16)(H,15,17)/t8-/m0/s1. The van der Waals surface area contributed by atoms with Gasteiger partial charge in [0.1, 0.15) is 0 Å². The second-order valence-electron chi connectivity index (χ2n) is 3.79. The fraction of sp³-hybridized carbons (Fsp3) is 0.333. The van der Waals surface area contributed by atoms with Crippen molar-refractivity contribution < 1.29 is 9.59 Å². The van der Waals surface area contributed by atoms with Gasteiger partial charge in [-0.05, 0) is 31.4 Å². The van der Waals surface area contributed by atoms with E-state index in [-0.39, 0.29) is 6.04 Å². The minimum atomic E-state index is -0.652. The van der Waals surface area contributed by atoms with Gasteiger partial charge in [-0.2, -0.15) is 11.8 Å². The minimum Gasteiger partial charge on any atom is -0.345 e. The zero-order chi connectivity index (χ0) is 13.5. The van der Waals surface area contributed by atoms with Crippen molar-refractivity contribution in [2.24, 2.45) is 0 Å². The monoisotopic (exact) mass is 330 g/mol. The molecular weight excluding hydrogens is 316 g/mol. The molecule has 1 atom stereocenters. The van der Waals surface area contributed by atoms with Crippen LogP contribution < -0.4 is 10.6 Å². The number of carbonyl (C=O) groups excluding carboxylic acids is 2. The van der Waals surface area contributed by atoms with Crippen molar-refractivity contribution in [2.45, 2.75) is 13.0 Å². The molecule has 0 aliphatic carbocycles. The lowest BCUT2D eigenvalue weighted by Crippen LogP contribution is -2.41. The van der Waals surface area contributed by atoms with Crippen LogP contribution in [-0.2, 0) is 9.59 Å². The number of hydrogen-bond acceptors (Lipinski definition) is 3. The number of carbonyl (C=O) groups is 2. The number of rotatable bonds is 4. The topological polar surface area (TPSA) is 58.2 Å². The third-order valence-electron chi connectivity index (χ3n) is 2.08. The second-order valence-corrected chi connectivity index (χ2v) is 5.62. The maximum Gasteiger partial charge on any atom is 0.313 e. The molecule has 0 aliphatic rings. The van der Waals surface area contributed by atoms with Gasteiger partial charge in [0.15, 0.2) is 0 Å². The predicted octanol–water partition coefficient (Wildman–Crippen LogP) is 2.26. The van der Waals surface area contributed by atoms with Crippen LogP contribution >= 0.6 is 27.7 Å². The third kappa shape index (κ3) is 5.10. The Hall–Kier alpha value is -1.01. The van der Waals surface area contributed by atoms with Gasteiger partial charge in [-0.15, -0.1) is 0 Å². The molecule has 1 aromatic carbocycles. The number of amides is 2. The molecule has 2 amide bonds. The molecule has 0 radical (unpaired) electrons. The number of halogens is 1. The SMILES string of the molecule is CSC[C@H](C)NC(=O)C(=O)Nc1cccc(Br)c1. The molecule has 0 spiro atoms. The summed E-state index contributed by atoms with van der Waals surface area (Å²) in [6, 6.07) is 7.06. The van der Waals surface area contributed by atoms with Crippen LogP contribution in [0, 0.1) is 0 Å². The highest BCUT2D eigenvalue weighted by Gasteiger charge is 2.15. The first kappa shape index (κ1) is 15.0. The van der Waals surface area contributed by atoms with E-state index in [4.69, 9.17) is 0 Å². The van der Waals surface area contributed by atoms with E-state index in [0.717, 1.165) is 10.2 Å². The Balaban J connectivity index is 2.52. The summed E-state index contributed by atoms with van der Waals surface area (Å²) in [5.41, 5.74) is 0.585. The van der Waals surface area contributed by atoms with Crippen LogP contribution in [0.2, 0.25) is 0 Å². The second kappa shape index (κ2) is 7.43. The maximum atomic E-state index is 11.6. The van der Waals surface area contributed by atoms with Gasteiger partial charge in [0, 0.05) is 22.0 Å². The first-order chi connectivity index (χ1) is 8.52. The van der Waals surface area contributed by atoms with Crippen molar-refractivity contribution in [1.29, 1.82) is 0 Å². The van der Waals surface area contributed by atoms with E-state index >= 15 is 0 Å². The molecule has 98 valence electrons. The number of hydrogen-bond donors (Lipinski definition) is 2. The average Bonchev–Trinajstić information content (AvgIpc) is 2.29. The van der Waals surface area contributed by atoms with E-state index in [1.807, 2.05) is 19.2 Å². The summed E-state index contributed by atoms with van der Waals surface area (Å²) in [5.74, 6) is -0.492. The molecule has 0 saturated heterocycles. The van der Waals surface area contributed by atoms with Crippen molar-refractivity contribution in [3.8, 4) is 0 Å². The van der Waals surface area contributed by atoms with E-state index in [1.165, 1.54) is 0 Å². The summed E-state index contributed by atoms with van der Waals surface area (Å²) in [7, 11) is 0. The van der Waals surface area contributed by atoms with Gasteiger partial charge in [0.2, 0.25) is 0 Å². The minimum absolute atomic E-state index is 0.0271. The molecule has 0 unspecified atom stereocenters. The summed E-state index contributed by atoms with van der Waals surface area (Å²) >= 11 is 4.91. The average molecular weight is 331 g/mol. The van der Waals surface area contributed by atoms with Crippen LogP contribution in [0.5, 0.6) is 0 Å². The Kier molecular flexibility index (Phi) is 6.21. The Labute approximate surface area is 119 Å². The maximum absolute atomic E-state index is 11.6. The third-order valence-corrected chi connectivity index (χ3v) is 3.41. The smallest absolute Gasteiger partial charge is 0.313 e. The highest BCUT2D eigenvalue weighted by atomic mass is 79.9. The Bertz CT molecular complexity index is 440. The molecule has 0 aromatic heterocycles. The van der Waals surface area contributed by atoms with E-state index in [1.54, 1.807) is 30.0 Å². The normalized spacial score (nSPS) is 11.7. The largest absolute Gasteiger partial charge is 0.345 e. The molecule has 4 nitrogen and oxygen atoms in total. The van der Waals surface area contributed by atoms with E-state index in [0.29, 0.717) is 5.69 Å². The van der Waals surface area contributed by atoms with Crippen LogP contribution in [0.3, 0.4) is 0 Å². The van der Waals surface area contributed by atoms with Crippen molar-refractivity contribution in [3.05, 3.63) is 28.7 Å². The van der Waals surface area contributed by atoms with Gasteiger partial charge in [-0.1, -0.05) is 22.0 Å². The summed E-state index contributed by atoms with van der Waals surface area (Å²) in [6.07, 6.45) is 1.95. The van der Waals surface area contributed by atoms with Crippen molar-refractivity contribution >= 4 is 45.2 Å². The number of thioether (sulfide) groups is 1. The molecule has 0 bridgehead atoms. The lowest BCUT2D eigenvalue weighted by molar-refractivity contribution is -0.136. The molecule has 0 fully saturated rings. The summed E-state index contributed by atoms with van der Waals surface area (Å²) in [4.78, 5) is 23.2. The highest BCUT2D eigenvalue weighted by Crippen LogP contribution is 2.15. The van der Waals surface area contributed by atoms with Gasteiger partial charge in [0.05, 0.1) is 0 Å². The van der Waals surface area contributed by atoms with Crippen LogP contribution in [0.15, 0.2) is 28.7 Å². The Morgan fingerprint density at radius 2 is 2.11 bits per heavy atom. The van der Waals surface area contributed by atoms with Gasteiger partial charge >= 0.3 is 11.8 Å². The van der Waals surface area contributed by atoms with Crippen molar-refractivity contribution in [3.63, 3.8) is 0 Å². The Morgan fingerprint density at radius 3 is 2.72 bits per heavy atom. The molecule has 0 saturated carbocycles. The molecule has 6 heteroatoms. The lowest BCUT2D eigenvalue weighted by Gasteiger charge is -2.12. The summed E-state index contributed by atoms with van der Waals surface area (Å²) in [5, 5.41) is 5.17. The van der Waals surface area contributed by atoms with Gasteiger partial charge in [-0.25, -0.2) is 0 Å². The molecule has 18 heavy (non-hydrogen) atoms. The van der Waals surface area contributed by atoms with Gasteiger partial charge in [0.25, 0.3) is 0 Å². The quantitative estimate of drug-likeness (QED) is 0.832. The lowest BCUT2D eigenvalue weighted by atomic mass is 10.3. The fourth-order valence-electron chi connectivity index (χ4n) is 1.34. The van der Waals surface area contributed by atoms with Gasteiger partial charge in [-0.3, -0.25) is 9.59 Å². The van der Waals surface area contributed by atoms with Crippen molar-refractivity contribution in [2.75, 3.05) is 17.3 Å². The molecule has 1 rings (SSSR count). The van der Waals surface area contributed by atoms with E-state index in [2.05, 4.69) is 26.6 Å². The molecular formula is C12H15BrN2O2S. The van der Waals surface area contributed by atoms with Crippen molar-refractivity contribution in [1.82, 2.24) is 5.32 Å². The summed E-state index contributed by atoms with van der Waals surface area (Å²) < 4.78 is 0.844. The van der Waals surface area contributed by atoms with E-state index < -0.39 is 11.8 Å². The first-order valence-corrected chi connectivity index (χ1v) is 7.58. The molecule has 0 aliphatic heterocycles. The number of anilines is 1. The summed E-state index contributed by atoms with van der Waals surface area (Å²) in [6.45, 7) is 1.86. The molecule has 2 N–H and O–H groups in total. The fourth-order valence-corrected chi connectivity index (χ4v) is 2.32. The van der Waals surface area contributed by atoms with Crippen LogP contribution in [0.25, 0.3) is 0 Å². The van der Waals surface area contributed by atoms with Gasteiger partial charge < -0.3 is 10.6 Å². The molecule has 1 aromatic rings. The van der Waals surface area contributed by atoms with Crippen LogP contribution in [0.4, 0.5) is 5.69 Å². The zero-order valence-corrected chi connectivity index (χ0v) is 12.6. The zero-order valence-electron chi connectivity index (χ0n) is 10.2. The molecule has 0 heterocycles. The first-order valence-electron chi connectivity index (χ1n) is 5.39.